The van der Waals surface area contributed by atoms with Crippen LogP contribution in [-0.4, -0.2) is 29.5 Å². The van der Waals surface area contributed by atoms with Crippen molar-refractivity contribution >= 4 is 28.7 Å². The van der Waals surface area contributed by atoms with Crippen molar-refractivity contribution in [3.63, 3.8) is 0 Å². The number of fused-ring (bicyclic) bond motifs is 1. The molecule has 2 heteroatoms. The van der Waals surface area contributed by atoms with Crippen molar-refractivity contribution in [2.45, 2.75) is 55.4 Å². The Labute approximate surface area is 146 Å². The van der Waals surface area contributed by atoms with Crippen LogP contribution in [0.3, 0.4) is 0 Å². The Hall–Kier alpha value is -0.0579. The van der Waals surface area contributed by atoms with E-state index in [2.05, 4.69) is 57.6 Å². The third-order valence-corrected chi connectivity index (χ3v) is 13.7. The zero-order valence-corrected chi connectivity index (χ0v) is 19.8. The van der Waals surface area contributed by atoms with E-state index in [9.17, 15) is 0 Å². The molecule has 0 bridgehead atoms. The summed E-state index contributed by atoms with van der Waals surface area (Å²) < 4.78 is 8.03. The molecule has 0 aromatic heterocycles. The van der Waals surface area contributed by atoms with Crippen molar-refractivity contribution in [2.75, 3.05) is 9.25 Å². The standard InChI is InChI=1S/C18H26N.2CH3.Tl/c1-11-12(2)14(4)17(13(11)3)16-9-5-7-15-8-6-10-19-18(15)16;;;/h5,7,9,11-14,17H,6,8,10H2,1-4H3;2*1H3;/q-1;;;+1. The fraction of sp³-hybridized carbons (Fsp3) is 0.700. The zero-order valence-electron chi connectivity index (χ0n) is 15.3. The number of hydrogen-bond donors (Lipinski definition) is 0. The van der Waals surface area contributed by atoms with Gasteiger partial charge >= 0.3 is 146 Å². The molecule has 1 aromatic carbocycles. The maximum absolute atomic E-state index is 2.89. The van der Waals surface area contributed by atoms with Gasteiger partial charge in [0, 0.05) is 0 Å². The van der Waals surface area contributed by atoms with Gasteiger partial charge in [-0.3, -0.25) is 0 Å². The molecule has 1 heterocycles. The molecule has 4 unspecified atom stereocenters. The van der Waals surface area contributed by atoms with Gasteiger partial charge < -0.3 is 0 Å². The van der Waals surface area contributed by atoms with Crippen LogP contribution in [0.5, 0.6) is 0 Å². The fourth-order valence-electron chi connectivity index (χ4n) is 5.16. The predicted octanol–water partition coefficient (Wildman–Crippen LogP) is 5.33. The van der Waals surface area contributed by atoms with Crippen molar-refractivity contribution in [2.24, 2.45) is 23.7 Å². The number of para-hydroxylation sites is 1. The van der Waals surface area contributed by atoms with Gasteiger partial charge in [0.15, 0.2) is 0 Å². The summed E-state index contributed by atoms with van der Waals surface area (Å²) in [5.74, 6) is 4.06. The molecule has 0 radical (unpaired) electrons. The minimum absolute atomic E-state index is 0.757. The first-order chi connectivity index (χ1) is 10.4. The monoisotopic (exact) mass is 491 g/mol. The van der Waals surface area contributed by atoms with Crippen LogP contribution in [0.4, 0.5) is 5.69 Å². The maximum atomic E-state index is 2.89. The molecular weight excluding hydrogens is 459 g/mol. The minimum atomic E-state index is -1.64. The van der Waals surface area contributed by atoms with E-state index in [-0.39, 0.29) is 0 Å². The molecule has 1 aliphatic carbocycles. The zero-order chi connectivity index (χ0) is 16.0. The number of aryl methyl sites for hydroxylation is 1. The molecule has 0 amide bonds. The number of hydrogen-bond acceptors (Lipinski definition) is 1. The van der Waals surface area contributed by atoms with Gasteiger partial charge in [-0.25, -0.2) is 0 Å². The summed E-state index contributed by atoms with van der Waals surface area (Å²) in [4.78, 5) is 0. The Morgan fingerprint density at radius 2 is 1.59 bits per heavy atom. The van der Waals surface area contributed by atoms with E-state index in [1.165, 1.54) is 19.4 Å². The average molecular weight is 491 g/mol. The Bertz CT molecular complexity index is 525. The van der Waals surface area contributed by atoms with Crippen molar-refractivity contribution in [3.8, 4) is 0 Å². The van der Waals surface area contributed by atoms with Crippen LogP contribution in [0.1, 0.15) is 51.2 Å². The first-order valence-corrected chi connectivity index (χ1v) is 20.3. The Morgan fingerprint density at radius 3 is 2.18 bits per heavy atom. The Balaban J connectivity index is 2.09. The quantitative estimate of drug-likeness (QED) is 0.506. The third kappa shape index (κ3) is 2.65. The molecule has 1 aromatic rings. The van der Waals surface area contributed by atoms with Crippen LogP contribution < -0.4 is 2.71 Å². The molecule has 3 rings (SSSR count). The molecule has 1 nitrogen and oxygen atoms in total. The molecule has 4 atom stereocenters. The SMILES string of the molecule is CC1C(C)C(C)C(c2cccc3c2[N]([Tl]([CH3])[CH3])CCC3)C1C. The summed E-state index contributed by atoms with van der Waals surface area (Å²) in [6.07, 6.45) is 2.65. The van der Waals surface area contributed by atoms with E-state index in [4.69, 9.17) is 0 Å². The Kier molecular flexibility index (Phi) is 4.92. The van der Waals surface area contributed by atoms with Crippen LogP contribution in [-0.2, 0) is 6.42 Å². The summed E-state index contributed by atoms with van der Waals surface area (Å²) >= 11 is -1.64. The molecule has 120 valence electrons. The third-order valence-electron chi connectivity index (χ3n) is 6.89. The number of nitrogens with zero attached hydrogens (tertiary/aromatic N) is 1. The van der Waals surface area contributed by atoms with E-state index < -0.39 is 23.0 Å². The van der Waals surface area contributed by atoms with Gasteiger partial charge in [-0.05, 0) is 0 Å². The van der Waals surface area contributed by atoms with Gasteiger partial charge in [-0.15, -0.1) is 0 Å². The Morgan fingerprint density at radius 1 is 0.955 bits per heavy atom. The van der Waals surface area contributed by atoms with Crippen molar-refractivity contribution < 1.29 is 0 Å². The van der Waals surface area contributed by atoms with E-state index >= 15 is 0 Å². The van der Waals surface area contributed by atoms with Crippen LogP contribution in [0, 0.1) is 23.7 Å². The number of rotatable bonds is 2. The molecule has 1 aliphatic heterocycles. The summed E-state index contributed by atoms with van der Waals surface area (Å²) in [7, 11) is 0. The molecule has 0 spiro atoms. The van der Waals surface area contributed by atoms with Crippen molar-refractivity contribution in [1.29, 1.82) is 0 Å². The first-order valence-electron chi connectivity index (χ1n) is 9.32. The topological polar surface area (TPSA) is 3.24 Å². The van der Waals surface area contributed by atoms with Crippen LogP contribution in [0.25, 0.3) is 0 Å². The summed E-state index contributed by atoms with van der Waals surface area (Å²) in [6, 6.07) is 7.20. The molecular formula is C20H32NTl. The molecule has 2 aliphatic rings. The molecule has 0 N–H and O–H groups in total. The van der Waals surface area contributed by atoms with Gasteiger partial charge in [-0.1, -0.05) is 0 Å². The second-order valence-corrected chi connectivity index (χ2v) is 19.1. The van der Waals surface area contributed by atoms with E-state index in [1.54, 1.807) is 16.8 Å². The molecule has 0 saturated heterocycles. The van der Waals surface area contributed by atoms with Gasteiger partial charge in [0.05, 0.1) is 0 Å². The fourth-order valence-corrected chi connectivity index (χ4v) is 11.1. The van der Waals surface area contributed by atoms with Crippen LogP contribution >= 0.6 is 0 Å². The van der Waals surface area contributed by atoms with Crippen molar-refractivity contribution in [3.05, 3.63) is 29.3 Å². The molecule has 22 heavy (non-hydrogen) atoms. The van der Waals surface area contributed by atoms with E-state index in [0.717, 1.165) is 29.6 Å². The molecule has 1 saturated carbocycles. The van der Waals surface area contributed by atoms with E-state index in [1.807, 2.05) is 0 Å². The summed E-state index contributed by atoms with van der Waals surface area (Å²) in [5.41, 5.74) is 5.03. The predicted molar refractivity (Wildman–Crippen MR) is 99.0 cm³/mol. The second-order valence-electron chi connectivity index (χ2n) is 8.21. The van der Waals surface area contributed by atoms with Crippen LogP contribution in [0.2, 0.25) is 8.97 Å². The normalized spacial score (nSPS) is 34.6. The van der Waals surface area contributed by atoms with Gasteiger partial charge in [0.25, 0.3) is 0 Å². The molecule has 1 fully saturated rings. The van der Waals surface area contributed by atoms with Gasteiger partial charge in [0.1, 0.15) is 0 Å². The van der Waals surface area contributed by atoms with Gasteiger partial charge in [-0.2, -0.15) is 0 Å². The van der Waals surface area contributed by atoms with Crippen LogP contribution in [0.15, 0.2) is 18.2 Å². The summed E-state index contributed by atoms with van der Waals surface area (Å²) in [5, 5.41) is 0. The second kappa shape index (κ2) is 6.45. The van der Waals surface area contributed by atoms with Crippen molar-refractivity contribution in [1.82, 2.24) is 0 Å². The van der Waals surface area contributed by atoms with Gasteiger partial charge in [0.2, 0.25) is 0 Å². The van der Waals surface area contributed by atoms with E-state index in [0.29, 0.717) is 0 Å². The summed E-state index contributed by atoms with van der Waals surface area (Å²) in [6.45, 7) is 11.3. The average Bonchev–Trinajstić information content (AvgIpc) is 2.70. The first kappa shape index (κ1) is 16.8. The number of anilines is 1. The number of benzene rings is 1.